The molecule has 1 rings (SSSR count). The van der Waals surface area contributed by atoms with Gasteiger partial charge >= 0.3 is 0 Å². The van der Waals surface area contributed by atoms with Crippen molar-refractivity contribution in [2.45, 2.75) is 63.2 Å². The maximum atomic E-state index is 12.2. The van der Waals surface area contributed by atoms with Crippen LogP contribution in [-0.2, 0) is 4.79 Å². The maximum absolute atomic E-state index is 12.2. The maximum Gasteiger partial charge on any atom is 0.223 e. The quantitative estimate of drug-likeness (QED) is 0.781. The minimum absolute atomic E-state index is 0.141. The third kappa shape index (κ3) is 4.16. The normalized spacial score (nSPS) is 24.9. The highest BCUT2D eigenvalue weighted by Gasteiger charge is 2.29. The van der Waals surface area contributed by atoms with Gasteiger partial charge in [0.05, 0.1) is 0 Å². The summed E-state index contributed by atoms with van der Waals surface area (Å²) in [6.07, 6.45) is 8.34. The van der Waals surface area contributed by atoms with Crippen LogP contribution in [0.5, 0.6) is 0 Å². The van der Waals surface area contributed by atoms with Crippen molar-refractivity contribution in [2.24, 2.45) is 11.7 Å². The molecule has 0 saturated heterocycles. The number of rotatable bonds is 6. The second kappa shape index (κ2) is 7.39. The van der Waals surface area contributed by atoms with E-state index in [4.69, 9.17) is 5.73 Å². The van der Waals surface area contributed by atoms with Gasteiger partial charge in [-0.2, -0.15) is 11.8 Å². The van der Waals surface area contributed by atoms with Crippen LogP contribution in [0, 0.1) is 5.92 Å². The Morgan fingerprint density at radius 2 is 2.06 bits per heavy atom. The molecular weight excluding hydrogens is 244 g/mol. The number of hydrogen-bond acceptors (Lipinski definition) is 3. The Hall–Kier alpha value is -0.220. The van der Waals surface area contributed by atoms with E-state index in [0.717, 1.165) is 45.1 Å². The van der Waals surface area contributed by atoms with E-state index in [1.165, 1.54) is 0 Å². The summed E-state index contributed by atoms with van der Waals surface area (Å²) >= 11 is 1.87. The summed E-state index contributed by atoms with van der Waals surface area (Å²) in [4.78, 5) is 12.2. The number of carbonyl (C=O) groups is 1. The van der Waals surface area contributed by atoms with E-state index in [2.05, 4.69) is 25.4 Å². The Balaban J connectivity index is 2.44. The van der Waals surface area contributed by atoms with Gasteiger partial charge in [0.2, 0.25) is 5.91 Å². The largest absolute Gasteiger partial charge is 0.354 e. The lowest BCUT2D eigenvalue weighted by Gasteiger charge is -2.32. The van der Waals surface area contributed by atoms with Crippen LogP contribution in [-0.4, -0.2) is 29.5 Å². The van der Waals surface area contributed by atoms with Crippen LogP contribution >= 0.6 is 11.8 Å². The Bertz CT molecular complexity index is 258. The molecule has 3 N–H and O–H groups in total. The van der Waals surface area contributed by atoms with Gasteiger partial charge in [0.1, 0.15) is 0 Å². The van der Waals surface area contributed by atoms with Crippen LogP contribution in [0.2, 0.25) is 0 Å². The first-order chi connectivity index (χ1) is 8.56. The molecule has 1 amide bonds. The molecule has 1 fully saturated rings. The van der Waals surface area contributed by atoms with Crippen molar-refractivity contribution in [3.63, 3.8) is 0 Å². The third-order valence-electron chi connectivity index (χ3n) is 4.39. The zero-order valence-corrected chi connectivity index (χ0v) is 12.8. The van der Waals surface area contributed by atoms with Gasteiger partial charge < -0.3 is 11.1 Å². The lowest BCUT2D eigenvalue weighted by Crippen LogP contribution is -2.44. The van der Waals surface area contributed by atoms with Gasteiger partial charge in [-0.15, -0.1) is 0 Å². The Morgan fingerprint density at radius 3 is 2.56 bits per heavy atom. The smallest absolute Gasteiger partial charge is 0.223 e. The summed E-state index contributed by atoms with van der Waals surface area (Å²) < 4.78 is 0.201. The van der Waals surface area contributed by atoms with Crippen LogP contribution in [0.25, 0.3) is 0 Å². The predicted octanol–water partition coefficient (Wildman–Crippen LogP) is 2.54. The number of amides is 1. The standard InChI is InChI=1S/C14H28N2OS/c1-4-14(5-2,18-3)10-16-13(17)11-7-6-8-12(15)9-11/h11-12H,4-10,15H2,1-3H3,(H,16,17). The molecule has 0 aromatic carbocycles. The van der Waals surface area contributed by atoms with E-state index < -0.39 is 0 Å². The lowest BCUT2D eigenvalue weighted by molar-refractivity contribution is -0.126. The molecular formula is C14H28N2OS. The molecule has 4 heteroatoms. The lowest BCUT2D eigenvalue weighted by atomic mass is 9.85. The Morgan fingerprint density at radius 1 is 1.39 bits per heavy atom. The summed E-state index contributed by atoms with van der Waals surface area (Å²) in [5.74, 6) is 0.354. The highest BCUT2D eigenvalue weighted by Crippen LogP contribution is 2.30. The van der Waals surface area contributed by atoms with E-state index in [-0.39, 0.29) is 22.6 Å². The molecule has 2 atom stereocenters. The zero-order chi connectivity index (χ0) is 13.6. The van der Waals surface area contributed by atoms with Crippen LogP contribution < -0.4 is 11.1 Å². The highest BCUT2D eigenvalue weighted by atomic mass is 32.2. The minimum Gasteiger partial charge on any atom is -0.354 e. The number of nitrogens with one attached hydrogen (secondary N) is 1. The Kier molecular flexibility index (Phi) is 6.50. The number of carbonyl (C=O) groups excluding carboxylic acids is 1. The van der Waals surface area contributed by atoms with E-state index in [9.17, 15) is 4.79 Å². The average Bonchev–Trinajstić information content (AvgIpc) is 2.40. The fourth-order valence-electron chi connectivity index (χ4n) is 2.72. The van der Waals surface area contributed by atoms with Gasteiger partial charge in [-0.25, -0.2) is 0 Å². The molecule has 0 heterocycles. The minimum atomic E-state index is 0.141. The number of nitrogens with two attached hydrogens (primary N) is 1. The second-order valence-electron chi connectivity index (χ2n) is 5.44. The summed E-state index contributed by atoms with van der Waals surface area (Å²) in [6.45, 7) is 5.18. The summed E-state index contributed by atoms with van der Waals surface area (Å²) in [5.41, 5.74) is 5.94. The summed E-state index contributed by atoms with van der Waals surface area (Å²) in [5, 5.41) is 3.15. The van der Waals surface area contributed by atoms with E-state index in [1.54, 1.807) is 0 Å². The first-order valence-electron chi connectivity index (χ1n) is 7.15. The van der Waals surface area contributed by atoms with Crippen molar-refractivity contribution < 1.29 is 4.79 Å². The molecule has 0 aromatic rings. The van der Waals surface area contributed by atoms with Gasteiger partial charge in [0.15, 0.2) is 0 Å². The van der Waals surface area contributed by atoms with Gasteiger partial charge in [0.25, 0.3) is 0 Å². The molecule has 106 valence electrons. The highest BCUT2D eigenvalue weighted by molar-refractivity contribution is 8.00. The fourth-order valence-corrected chi connectivity index (χ4v) is 3.51. The monoisotopic (exact) mass is 272 g/mol. The van der Waals surface area contributed by atoms with Crippen LogP contribution in [0.1, 0.15) is 52.4 Å². The summed E-state index contributed by atoms with van der Waals surface area (Å²) in [7, 11) is 0. The molecule has 3 nitrogen and oxygen atoms in total. The van der Waals surface area contributed by atoms with Gasteiger partial charge in [-0.1, -0.05) is 20.3 Å². The molecule has 1 saturated carbocycles. The van der Waals surface area contributed by atoms with Crippen molar-refractivity contribution in [2.75, 3.05) is 12.8 Å². The van der Waals surface area contributed by atoms with E-state index in [0.29, 0.717) is 0 Å². The first-order valence-corrected chi connectivity index (χ1v) is 8.37. The zero-order valence-electron chi connectivity index (χ0n) is 12.0. The molecule has 0 aliphatic heterocycles. The molecule has 0 aromatic heterocycles. The molecule has 18 heavy (non-hydrogen) atoms. The summed E-state index contributed by atoms with van der Waals surface area (Å²) in [6, 6.07) is 0.220. The van der Waals surface area contributed by atoms with Crippen molar-refractivity contribution in [3.8, 4) is 0 Å². The molecule has 2 unspecified atom stereocenters. The molecule has 0 bridgehead atoms. The van der Waals surface area contributed by atoms with Crippen molar-refractivity contribution in [1.29, 1.82) is 0 Å². The topological polar surface area (TPSA) is 55.1 Å². The Labute approximate surface area is 116 Å². The average molecular weight is 272 g/mol. The predicted molar refractivity (Wildman–Crippen MR) is 79.8 cm³/mol. The van der Waals surface area contributed by atoms with E-state index in [1.807, 2.05) is 11.8 Å². The fraction of sp³-hybridized carbons (Fsp3) is 0.929. The van der Waals surface area contributed by atoms with Crippen LogP contribution in [0.15, 0.2) is 0 Å². The first kappa shape index (κ1) is 15.8. The second-order valence-corrected chi connectivity index (χ2v) is 6.71. The molecule has 1 aliphatic rings. The molecule has 0 radical (unpaired) electrons. The van der Waals surface area contributed by atoms with Crippen molar-refractivity contribution >= 4 is 17.7 Å². The van der Waals surface area contributed by atoms with Gasteiger partial charge in [-0.3, -0.25) is 4.79 Å². The third-order valence-corrected chi connectivity index (χ3v) is 5.98. The van der Waals surface area contributed by atoms with E-state index >= 15 is 0 Å². The molecule has 1 aliphatic carbocycles. The van der Waals surface area contributed by atoms with Gasteiger partial charge in [-0.05, 0) is 38.4 Å². The van der Waals surface area contributed by atoms with Crippen LogP contribution in [0.3, 0.4) is 0 Å². The van der Waals surface area contributed by atoms with Crippen molar-refractivity contribution in [3.05, 3.63) is 0 Å². The molecule has 0 spiro atoms. The number of hydrogen-bond donors (Lipinski definition) is 2. The van der Waals surface area contributed by atoms with Crippen LogP contribution in [0.4, 0.5) is 0 Å². The van der Waals surface area contributed by atoms with Gasteiger partial charge in [0, 0.05) is 23.3 Å². The van der Waals surface area contributed by atoms with Crippen molar-refractivity contribution in [1.82, 2.24) is 5.32 Å². The SMILES string of the molecule is CCC(CC)(CNC(=O)C1CCCC(N)C1)SC. The number of thioether (sulfide) groups is 1.